The third-order valence-electron chi connectivity index (χ3n) is 4.39. The Morgan fingerprint density at radius 2 is 0.913 bits per heavy atom. The lowest BCUT2D eigenvalue weighted by Gasteiger charge is -2.03. The van der Waals surface area contributed by atoms with Crippen molar-refractivity contribution >= 4 is 10.1 Å². The van der Waals surface area contributed by atoms with Gasteiger partial charge in [0.05, 0.1) is 5.75 Å². The van der Waals surface area contributed by atoms with Crippen LogP contribution in [0, 0.1) is 0 Å². The summed E-state index contributed by atoms with van der Waals surface area (Å²) < 4.78 is 25.9. The lowest BCUT2D eigenvalue weighted by Crippen LogP contribution is -2.14. The zero-order valence-electron chi connectivity index (χ0n) is 15.2. The Hall–Kier alpha value is -0.130. The lowest BCUT2D eigenvalue weighted by molar-refractivity contribution is 0.332. The molecule has 0 aliphatic rings. The highest BCUT2D eigenvalue weighted by atomic mass is 32.2. The molecule has 0 unspecified atom stereocenters. The van der Waals surface area contributed by atoms with Crippen molar-refractivity contribution in [1.29, 1.82) is 0 Å². The number of nitrogens with two attached hydrogens (primary N) is 1. The molecule has 0 aromatic carbocycles. The van der Waals surface area contributed by atoms with Crippen LogP contribution in [0.2, 0.25) is 0 Å². The highest BCUT2D eigenvalue weighted by Gasteiger charge is 2.07. The molecule has 0 aromatic heterocycles. The summed E-state index contributed by atoms with van der Waals surface area (Å²) in [5.74, 6) is 4.73. The number of rotatable bonds is 18. The standard InChI is InChI=1S/C18H39NO3S/c1-2-3-4-5-6-7-8-9-10-11-12-13-14-15-16-17-18-23(20,21)22-19/h2-19H2,1H3. The fraction of sp³-hybridized carbons (Fsp3) is 1.00. The summed E-state index contributed by atoms with van der Waals surface area (Å²) in [5, 5.41) is 0. The zero-order valence-corrected chi connectivity index (χ0v) is 16.0. The van der Waals surface area contributed by atoms with Gasteiger partial charge in [0.15, 0.2) is 0 Å². The first kappa shape index (κ1) is 22.9. The molecule has 0 aliphatic carbocycles. The molecule has 140 valence electrons. The fourth-order valence-electron chi connectivity index (χ4n) is 2.88. The third kappa shape index (κ3) is 18.1. The van der Waals surface area contributed by atoms with Gasteiger partial charge in [0.1, 0.15) is 0 Å². The topological polar surface area (TPSA) is 69.4 Å². The maximum absolute atomic E-state index is 11.0. The monoisotopic (exact) mass is 349 g/mol. The third-order valence-corrected chi connectivity index (χ3v) is 5.48. The minimum Gasteiger partial charge on any atom is -0.198 e. The quantitative estimate of drug-likeness (QED) is 0.263. The van der Waals surface area contributed by atoms with Gasteiger partial charge in [0.25, 0.3) is 10.1 Å². The lowest BCUT2D eigenvalue weighted by atomic mass is 10.0. The zero-order chi connectivity index (χ0) is 17.2. The van der Waals surface area contributed by atoms with E-state index < -0.39 is 10.1 Å². The van der Waals surface area contributed by atoms with Crippen LogP contribution in [0.1, 0.15) is 110 Å². The van der Waals surface area contributed by atoms with Gasteiger partial charge in [0.2, 0.25) is 0 Å². The van der Waals surface area contributed by atoms with E-state index >= 15 is 0 Å². The second-order valence-electron chi connectivity index (χ2n) is 6.66. The smallest absolute Gasteiger partial charge is 0.198 e. The van der Waals surface area contributed by atoms with Crippen LogP contribution in [-0.4, -0.2) is 14.2 Å². The van der Waals surface area contributed by atoms with E-state index in [4.69, 9.17) is 0 Å². The van der Waals surface area contributed by atoms with Crippen LogP contribution < -0.4 is 5.90 Å². The highest BCUT2D eigenvalue weighted by Crippen LogP contribution is 2.13. The Morgan fingerprint density at radius 1 is 0.609 bits per heavy atom. The van der Waals surface area contributed by atoms with E-state index in [9.17, 15) is 8.42 Å². The normalized spacial score (nSPS) is 11.9. The maximum Gasteiger partial charge on any atom is 0.283 e. The summed E-state index contributed by atoms with van der Waals surface area (Å²) in [5.41, 5.74) is 0. The molecule has 0 aromatic rings. The summed E-state index contributed by atoms with van der Waals surface area (Å²) in [7, 11) is -3.46. The summed E-state index contributed by atoms with van der Waals surface area (Å²) in [4.78, 5) is 0. The minimum absolute atomic E-state index is 0.0436. The molecule has 0 aliphatic heterocycles. The molecular formula is C18H39NO3S. The fourth-order valence-corrected chi connectivity index (χ4v) is 3.53. The molecule has 0 atom stereocenters. The molecule has 2 N–H and O–H groups in total. The molecule has 0 amide bonds. The van der Waals surface area contributed by atoms with Crippen molar-refractivity contribution in [2.24, 2.45) is 5.90 Å². The molecular weight excluding hydrogens is 310 g/mol. The van der Waals surface area contributed by atoms with Crippen molar-refractivity contribution in [2.45, 2.75) is 110 Å². The van der Waals surface area contributed by atoms with Gasteiger partial charge in [-0.05, 0) is 6.42 Å². The van der Waals surface area contributed by atoms with Gasteiger partial charge in [-0.1, -0.05) is 103 Å². The van der Waals surface area contributed by atoms with Gasteiger partial charge in [-0.15, -0.1) is 0 Å². The number of hydrogen-bond donors (Lipinski definition) is 1. The minimum atomic E-state index is -3.46. The largest absolute Gasteiger partial charge is 0.283 e. The van der Waals surface area contributed by atoms with E-state index in [1.165, 1.54) is 83.5 Å². The van der Waals surface area contributed by atoms with E-state index in [0.29, 0.717) is 6.42 Å². The molecule has 0 saturated heterocycles. The van der Waals surface area contributed by atoms with Crippen LogP contribution in [0.15, 0.2) is 0 Å². The van der Waals surface area contributed by atoms with Gasteiger partial charge in [-0.3, -0.25) is 0 Å². The van der Waals surface area contributed by atoms with Crippen molar-refractivity contribution in [3.63, 3.8) is 0 Å². The van der Waals surface area contributed by atoms with Crippen molar-refractivity contribution in [1.82, 2.24) is 0 Å². The van der Waals surface area contributed by atoms with E-state index in [0.717, 1.165) is 12.8 Å². The summed E-state index contributed by atoms with van der Waals surface area (Å²) in [6, 6.07) is 0. The SMILES string of the molecule is CCCCCCCCCCCCCCCCCCS(=O)(=O)ON. The molecule has 0 heterocycles. The van der Waals surface area contributed by atoms with Crippen molar-refractivity contribution in [3.05, 3.63) is 0 Å². The van der Waals surface area contributed by atoms with Gasteiger partial charge < -0.3 is 0 Å². The van der Waals surface area contributed by atoms with Crippen molar-refractivity contribution in [2.75, 3.05) is 5.75 Å². The molecule has 4 nitrogen and oxygen atoms in total. The Kier molecular flexibility index (Phi) is 16.6. The van der Waals surface area contributed by atoms with Crippen molar-refractivity contribution < 1.29 is 12.7 Å². The van der Waals surface area contributed by atoms with Gasteiger partial charge in [0, 0.05) is 0 Å². The molecule has 0 spiro atoms. The molecule has 0 saturated carbocycles. The molecule has 0 fully saturated rings. The van der Waals surface area contributed by atoms with Crippen molar-refractivity contribution in [3.8, 4) is 0 Å². The van der Waals surface area contributed by atoms with Crippen LogP contribution in [0.25, 0.3) is 0 Å². The van der Waals surface area contributed by atoms with Gasteiger partial charge in [-0.2, -0.15) is 18.6 Å². The second-order valence-corrected chi connectivity index (χ2v) is 8.38. The first-order chi connectivity index (χ1) is 11.1. The number of unbranched alkanes of at least 4 members (excludes halogenated alkanes) is 15. The molecule has 0 bridgehead atoms. The first-order valence-corrected chi connectivity index (χ1v) is 11.3. The maximum atomic E-state index is 11.0. The average molecular weight is 350 g/mol. The average Bonchev–Trinajstić information content (AvgIpc) is 2.54. The predicted molar refractivity (Wildman–Crippen MR) is 98.6 cm³/mol. The first-order valence-electron chi connectivity index (χ1n) is 9.73. The van der Waals surface area contributed by atoms with Crippen LogP contribution in [0.4, 0.5) is 0 Å². The summed E-state index contributed by atoms with van der Waals surface area (Å²) >= 11 is 0. The van der Waals surface area contributed by atoms with Crippen LogP contribution in [0.5, 0.6) is 0 Å². The second kappa shape index (κ2) is 16.7. The van der Waals surface area contributed by atoms with Crippen LogP contribution in [0.3, 0.4) is 0 Å². The van der Waals surface area contributed by atoms with Crippen LogP contribution >= 0.6 is 0 Å². The predicted octanol–water partition coefficient (Wildman–Crippen LogP) is 5.47. The Bertz CT molecular complexity index is 331. The number of hydrogen-bond acceptors (Lipinski definition) is 4. The van der Waals surface area contributed by atoms with Gasteiger partial charge >= 0.3 is 0 Å². The highest BCUT2D eigenvalue weighted by molar-refractivity contribution is 7.86. The van der Waals surface area contributed by atoms with E-state index in [1.54, 1.807) is 0 Å². The molecule has 0 radical (unpaired) electrons. The molecule has 23 heavy (non-hydrogen) atoms. The van der Waals surface area contributed by atoms with E-state index in [2.05, 4.69) is 17.1 Å². The van der Waals surface area contributed by atoms with E-state index in [1.807, 2.05) is 0 Å². The van der Waals surface area contributed by atoms with E-state index in [-0.39, 0.29) is 5.75 Å². The Balaban J connectivity index is 3.08. The Labute approximate surface area is 144 Å². The summed E-state index contributed by atoms with van der Waals surface area (Å²) in [6.45, 7) is 2.27. The molecule has 5 heteroatoms. The van der Waals surface area contributed by atoms with Gasteiger partial charge in [-0.25, -0.2) is 0 Å². The molecule has 0 rings (SSSR count). The van der Waals surface area contributed by atoms with Crippen LogP contribution in [-0.2, 0) is 14.4 Å². The Morgan fingerprint density at radius 3 is 1.22 bits per heavy atom. The summed E-state index contributed by atoms with van der Waals surface area (Å²) in [6.07, 6.45) is 20.5.